The lowest BCUT2D eigenvalue weighted by molar-refractivity contribution is 0.280. The zero-order chi connectivity index (χ0) is 14.4. The van der Waals surface area contributed by atoms with E-state index in [1.165, 1.54) is 32.1 Å². The molecule has 1 fully saturated rings. The maximum atomic E-state index is 8.80. The third kappa shape index (κ3) is 3.70. The SMILES string of the molecule is CC(NCc1cccnc1C(N)=NO)C1CCCCC1. The molecule has 0 aromatic carbocycles. The van der Waals surface area contributed by atoms with Crippen LogP contribution in [-0.4, -0.2) is 22.1 Å². The normalized spacial score (nSPS) is 18.9. The summed E-state index contributed by atoms with van der Waals surface area (Å²) >= 11 is 0. The van der Waals surface area contributed by atoms with E-state index in [9.17, 15) is 0 Å². The standard InChI is InChI=1S/C15H24N4O/c1-11(12-6-3-2-4-7-12)18-10-13-8-5-9-17-14(13)15(16)19-20/h5,8-9,11-12,18,20H,2-4,6-7,10H2,1H3,(H2,16,19). The van der Waals surface area contributed by atoms with Crippen LogP contribution in [0.1, 0.15) is 50.3 Å². The molecule has 1 saturated carbocycles. The average Bonchev–Trinajstić information content (AvgIpc) is 2.53. The van der Waals surface area contributed by atoms with Crippen molar-refractivity contribution in [3.8, 4) is 0 Å². The number of amidine groups is 1. The Labute approximate surface area is 120 Å². The summed E-state index contributed by atoms with van der Waals surface area (Å²) in [5.41, 5.74) is 7.17. The Morgan fingerprint density at radius 3 is 2.95 bits per heavy atom. The molecule has 0 radical (unpaired) electrons. The van der Waals surface area contributed by atoms with E-state index in [4.69, 9.17) is 10.9 Å². The lowest BCUT2D eigenvalue weighted by atomic mass is 9.84. The van der Waals surface area contributed by atoms with E-state index in [0.717, 1.165) is 11.5 Å². The van der Waals surface area contributed by atoms with Crippen LogP contribution in [0.4, 0.5) is 0 Å². The van der Waals surface area contributed by atoms with Crippen molar-refractivity contribution in [3.63, 3.8) is 0 Å². The monoisotopic (exact) mass is 276 g/mol. The van der Waals surface area contributed by atoms with Gasteiger partial charge in [-0.15, -0.1) is 0 Å². The lowest BCUT2D eigenvalue weighted by Crippen LogP contribution is -2.35. The first kappa shape index (κ1) is 14.8. The smallest absolute Gasteiger partial charge is 0.189 e. The van der Waals surface area contributed by atoms with Crippen molar-refractivity contribution < 1.29 is 5.21 Å². The van der Waals surface area contributed by atoms with Gasteiger partial charge in [0, 0.05) is 18.8 Å². The minimum Gasteiger partial charge on any atom is -0.409 e. The van der Waals surface area contributed by atoms with Gasteiger partial charge in [-0.1, -0.05) is 30.5 Å². The summed E-state index contributed by atoms with van der Waals surface area (Å²) in [5, 5.41) is 15.4. The molecule has 5 heteroatoms. The van der Waals surface area contributed by atoms with Crippen LogP contribution in [0.2, 0.25) is 0 Å². The molecule has 1 heterocycles. The molecule has 2 rings (SSSR count). The van der Waals surface area contributed by atoms with E-state index in [-0.39, 0.29) is 5.84 Å². The van der Waals surface area contributed by atoms with Gasteiger partial charge in [0.2, 0.25) is 0 Å². The number of aromatic nitrogens is 1. The van der Waals surface area contributed by atoms with Crippen molar-refractivity contribution in [3.05, 3.63) is 29.6 Å². The maximum Gasteiger partial charge on any atom is 0.189 e. The second-order valence-corrected chi connectivity index (χ2v) is 5.56. The molecule has 1 unspecified atom stereocenters. The highest BCUT2D eigenvalue weighted by Crippen LogP contribution is 2.26. The van der Waals surface area contributed by atoms with E-state index in [1.807, 2.05) is 12.1 Å². The Morgan fingerprint density at radius 1 is 1.50 bits per heavy atom. The summed E-state index contributed by atoms with van der Waals surface area (Å²) in [6.07, 6.45) is 8.35. The number of nitrogens with two attached hydrogens (primary N) is 1. The number of hydrogen-bond acceptors (Lipinski definition) is 4. The zero-order valence-electron chi connectivity index (χ0n) is 12.0. The number of nitrogens with zero attached hydrogens (tertiary/aromatic N) is 2. The molecule has 0 aliphatic heterocycles. The lowest BCUT2D eigenvalue weighted by Gasteiger charge is -2.28. The first-order valence-corrected chi connectivity index (χ1v) is 7.37. The topological polar surface area (TPSA) is 83.5 Å². The van der Waals surface area contributed by atoms with Crippen LogP contribution in [-0.2, 0) is 6.54 Å². The van der Waals surface area contributed by atoms with Crippen molar-refractivity contribution in [1.29, 1.82) is 0 Å². The van der Waals surface area contributed by atoms with Gasteiger partial charge < -0.3 is 16.3 Å². The summed E-state index contributed by atoms with van der Waals surface area (Å²) in [7, 11) is 0. The Morgan fingerprint density at radius 2 is 2.25 bits per heavy atom. The average molecular weight is 276 g/mol. The third-order valence-corrected chi connectivity index (χ3v) is 4.21. The third-order valence-electron chi connectivity index (χ3n) is 4.21. The maximum absolute atomic E-state index is 8.80. The van der Waals surface area contributed by atoms with Gasteiger partial charge in [-0.3, -0.25) is 4.98 Å². The summed E-state index contributed by atoms with van der Waals surface area (Å²) in [6, 6.07) is 4.31. The molecule has 4 N–H and O–H groups in total. The molecule has 1 aliphatic carbocycles. The zero-order valence-corrected chi connectivity index (χ0v) is 12.0. The van der Waals surface area contributed by atoms with Gasteiger partial charge in [-0.25, -0.2) is 0 Å². The fraction of sp³-hybridized carbons (Fsp3) is 0.600. The van der Waals surface area contributed by atoms with E-state index in [0.29, 0.717) is 18.3 Å². The van der Waals surface area contributed by atoms with Crippen LogP contribution in [0, 0.1) is 5.92 Å². The second kappa shape index (κ2) is 7.24. The largest absolute Gasteiger partial charge is 0.409 e. The molecule has 1 aromatic heterocycles. The van der Waals surface area contributed by atoms with Crippen LogP contribution in [0.3, 0.4) is 0 Å². The fourth-order valence-electron chi connectivity index (χ4n) is 2.93. The molecule has 0 amide bonds. The molecular weight excluding hydrogens is 252 g/mol. The van der Waals surface area contributed by atoms with Gasteiger partial charge in [0.1, 0.15) is 5.69 Å². The molecule has 5 nitrogen and oxygen atoms in total. The Kier molecular flexibility index (Phi) is 5.35. The number of pyridine rings is 1. The molecule has 1 aliphatic rings. The Hall–Kier alpha value is -1.62. The highest BCUT2D eigenvalue weighted by atomic mass is 16.4. The number of oxime groups is 1. The molecule has 0 bridgehead atoms. The van der Waals surface area contributed by atoms with Crippen molar-refractivity contribution >= 4 is 5.84 Å². The second-order valence-electron chi connectivity index (χ2n) is 5.56. The number of hydrogen-bond donors (Lipinski definition) is 3. The van der Waals surface area contributed by atoms with E-state index < -0.39 is 0 Å². The Balaban J connectivity index is 1.96. The number of rotatable bonds is 5. The van der Waals surface area contributed by atoms with Gasteiger partial charge >= 0.3 is 0 Å². The summed E-state index contributed by atoms with van der Waals surface area (Å²) in [5.74, 6) is 0.820. The molecular formula is C15H24N4O. The van der Waals surface area contributed by atoms with Gasteiger partial charge in [0.25, 0.3) is 0 Å². The van der Waals surface area contributed by atoms with Crippen molar-refractivity contribution in [2.24, 2.45) is 16.8 Å². The summed E-state index contributed by atoms with van der Waals surface area (Å²) in [4.78, 5) is 4.18. The molecule has 1 aromatic rings. The van der Waals surface area contributed by atoms with Crippen molar-refractivity contribution in [2.45, 2.75) is 51.6 Å². The summed E-state index contributed by atoms with van der Waals surface area (Å²) < 4.78 is 0. The van der Waals surface area contributed by atoms with Crippen molar-refractivity contribution in [1.82, 2.24) is 10.3 Å². The fourth-order valence-corrected chi connectivity index (χ4v) is 2.93. The quantitative estimate of drug-likeness (QED) is 0.333. The molecule has 0 spiro atoms. The van der Waals surface area contributed by atoms with Crippen molar-refractivity contribution in [2.75, 3.05) is 0 Å². The van der Waals surface area contributed by atoms with Gasteiger partial charge in [0.15, 0.2) is 5.84 Å². The van der Waals surface area contributed by atoms with Crippen LogP contribution in [0.5, 0.6) is 0 Å². The molecule has 1 atom stereocenters. The van der Waals surface area contributed by atoms with Crippen LogP contribution in [0.15, 0.2) is 23.5 Å². The van der Waals surface area contributed by atoms with Crippen LogP contribution < -0.4 is 11.1 Å². The Bertz CT molecular complexity index is 455. The van der Waals surface area contributed by atoms with Crippen LogP contribution in [0.25, 0.3) is 0 Å². The highest BCUT2D eigenvalue weighted by molar-refractivity contribution is 5.96. The minimum atomic E-state index is 0.0627. The molecule has 0 saturated heterocycles. The van der Waals surface area contributed by atoms with E-state index in [1.54, 1.807) is 6.20 Å². The highest BCUT2D eigenvalue weighted by Gasteiger charge is 2.20. The molecule has 20 heavy (non-hydrogen) atoms. The van der Waals surface area contributed by atoms with Gasteiger partial charge in [-0.05, 0) is 37.3 Å². The predicted molar refractivity (Wildman–Crippen MR) is 79.6 cm³/mol. The first-order chi connectivity index (χ1) is 9.72. The van der Waals surface area contributed by atoms with E-state index in [2.05, 4.69) is 22.4 Å². The summed E-state index contributed by atoms with van der Waals surface area (Å²) in [6.45, 7) is 2.94. The van der Waals surface area contributed by atoms with E-state index >= 15 is 0 Å². The first-order valence-electron chi connectivity index (χ1n) is 7.37. The minimum absolute atomic E-state index is 0.0627. The number of nitrogens with one attached hydrogen (secondary N) is 1. The van der Waals surface area contributed by atoms with Gasteiger partial charge in [0.05, 0.1) is 0 Å². The molecule has 110 valence electrons. The van der Waals surface area contributed by atoms with Gasteiger partial charge in [-0.2, -0.15) is 0 Å². The predicted octanol–water partition coefficient (Wildman–Crippen LogP) is 2.23. The van der Waals surface area contributed by atoms with Crippen LogP contribution >= 0.6 is 0 Å².